The van der Waals surface area contributed by atoms with Gasteiger partial charge >= 0.3 is 0 Å². The van der Waals surface area contributed by atoms with E-state index in [0.717, 1.165) is 0 Å². The Morgan fingerprint density at radius 3 is 2.94 bits per heavy atom. The summed E-state index contributed by atoms with van der Waals surface area (Å²) in [6, 6.07) is -0.340. The average Bonchev–Trinajstić information content (AvgIpc) is 2.28. The van der Waals surface area contributed by atoms with Gasteiger partial charge in [-0.15, -0.1) is 0 Å². The molecular formula is C9H15N3O4. The highest BCUT2D eigenvalue weighted by molar-refractivity contribution is 5.48. The Bertz CT molecular complexity index is 379. The van der Waals surface area contributed by atoms with Crippen LogP contribution >= 0.6 is 0 Å². The van der Waals surface area contributed by atoms with Crippen molar-refractivity contribution in [2.45, 2.75) is 6.04 Å². The van der Waals surface area contributed by atoms with E-state index in [9.17, 15) is 4.79 Å². The van der Waals surface area contributed by atoms with Crippen molar-refractivity contribution < 1.29 is 14.6 Å². The van der Waals surface area contributed by atoms with Crippen LogP contribution in [-0.4, -0.2) is 48.5 Å². The lowest BCUT2D eigenvalue weighted by Crippen LogP contribution is -2.30. The molecule has 0 aliphatic carbocycles. The van der Waals surface area contributed by atoms with Gasteiger partial charge in [0.05, 0.1) is 32.7 Å². The Morgan fingerprint density at radius 2 is 2.38 bits per heavy atom. The zero-order valence-electron chi connectivity index (χ0n) is 9.19. The molecule has 0 aliphatic heterocycles. The van der Waals surface area contributed by atoms with Crippen LogP contribution in [0.2, 0.25) is 0 Å². The molecule has 16 heavy (non-hydrogen) atoms. The molecule has 0 spiro atoms. The maximum absolute atomic E-state index is 11.3. The normalized spacial score (nSPS) is 12.2. The number of rotatable bonds is 6. The summed E-state index contributed by atoms with van der Waals surface area (Å²) in [7, 11) is 2.90. The van der Waals surface area contributed by atoms with Gasteiger partial charge in [0.2, 0.25) is 5.75 Å². The predicted molar refractivity (Wildman–Crippen MR) is 57.8 cm³/mol. The highest BCUT2D eigenvalue weighted by atomic mass is 16.5. The summed E-state index contributed by atoms with van der Waals surface area (Å²) in [4.78, 5) is 17.7. The Morgan fingerprint density at radius 1 is 1.62 bits per heavy atom. The first-order valence-corrected chi connectivity index (χ1v) is 4.71. The number of nitrogens with zero attached hydrogens (tertiary/aromatic N) is 1. The number of hydrogen-bond acceptors (Lipinski definition) is 6. The molecular weight excluding hydrogens is 214 g/mol. The van der Waals surface area contributed by atoms with Crippen molar-refractivity contribution >= 4 is 5.82 Å². The third kappa shape index (κ3) is 2.94. The zero-order chi connectivity index (χ0) is 12.0. The minimum atomic E-state index is -0.380. The molecule has 1 aromatic heterocycles. The van der Waals surface area contributed by atoms with Gasteiger partial charge in [-0.3, -0.25) is 4.79 Å². The zero-order valence-corrected chi connectivity index (χ0v) is 9.19. The fourth-order valence-corrected chi connectivity index (χ4v) is 1.21. The number of hydrogen-bond donors (Lipinski definition) is 3. The third-order valence-corrected chi connectivity index (χ3v) is 1.94. The first-order valence-electron chi connectivity index (χ1n) is 4.71. The summed E-state index contributed by atoms with van der Waals surface area (Å²) < 4.78 is 9.80. The van der Waals surface area contributed by atoms with E-state index in [0.29, 0.717) is 6.61 Å². The minimum Gasteiger partial charge on any atom is -0.489 e. The van der Waals surface area contributed by atoms with Crippen molar-refractivity contribution in [2.24, 2.45) is 0 Å². The summed E-state index contributed by atoms with van der Waals surface area (Å²) in [6.07, 6.45) is 1.26. The van der Waals surface area contributed by atoms with Crippen LogP contribution in [0.15, 0.2) is 11.1 Å². The van der Waals surface area contributed by atoms with Crippen molar-refractivity contribution in [3.05, 3.63) is 16.7 Å². The van der Waals surface area contributed by atoms with Gasteiger partial charge in [-0.25, -0.2) is 4.98 Å². The van der Waals surface area contributed by atoms with Crippen molar-refractivity contribution in [3.63, 3.8) is 0 Å². The first kappa shape index (κ1) is 12.5. The van der Waals surface area contributed by atoms with E-state index in [-0.39, 0.29) is 29.8 Å². The van der Waals surface area contributed by atoms with Crippen LogP contribution in [0.5, 0.6) is 5.75 Å². The van der Waals surface area contributed by atoms with E-state index < -0.39 is 0 Å². The maximum Gasteiger partial charge on any atom is 0.295 e. The highest BCUT2D eigenvalue weighted by Crippen LogP contribution is 2.15. The van der Waals surface area contributed by atoms with Gasteiger partial charge in [0, 0.05) is 7.11 Å². The average molecular weight is 229 g/mol. The third-order valence-electron chi connectivity index (χ3n) is 1.94. The molecule has 7 heteroatoms. The molecule has 1 unspecified atom stereocenters. The van der Waals surface area contributed by atoms with E-state index in [2.05, 4.69) is 15.3 Å². The van der Waals surface area contributed by atoms with E-state index in [1.807, 2.05) is 0 Å². The number of aliphatic hydroxyl groups excluding tert-OH is 1. The van der Waals surface area contributed by atoms with E-state index in [1.165, 1.54) is 20.5 Å². The van der Waals surface area contributed by atoms with Gasteiger partial charge in [-0.05, 0) is 0 Å². The van der Waals surface area contributed by atoms with E-state index in [4.69, 9.17) is 14.6 Å². The van der Waals surface area contributed by atoms with Crippen LogP contribution in [0, 0.1) is 0 Å². The summed E-state index contributed by atoms with van der Waals surface area (Å²) in [5.74, 6) is 0.361. The van der Waals surface area contributed by atoms with Gasteiger partial charge < -0.3 is 24.9 Å². The maximum atomic E-state index is 11.3. The number of H-pyrrole nitrogens is 1. The number of aromatic amines is 1. The molecule has 3 N–H and O–H groups in total. The quantitative estimate of drug-likeness (QED) is 0.591. The molecule has 0 saturated heterocycles. The lowest BCUT2D eigenvalue weighted by Gasteiger charge is -2.16. The molecule has 90 valence electrons. The largest absolute Gasteiger partial charge is 0.489 e. The molecule has 1 aromatic rings. The topological polar surface area (TPSA) is 96.5 Å². The Labute approximate surface area is 92.4 Å². The Kier molecular flexibility index (Phi) is 4.74. The predicted octanol–water partition coefficient (Wildman–Crippen LogP) is -0.802. The van der Waals surface area contributed by atoms with Crippen LogP contribution in [-0.2, 0) is 4.74 Å². The van der Waals surface area contributed by atoms with Crippen LogP contribution in [0.1, 0.15) is 0 Å². The van der Waals surface area contributed by atoms with Crippen LogP contribution in [0.25, 0.3) is 0 Å². The van der Waals surface area contributed by atoms with Crippen LogP contribution in [0.4, 0.5) is 5.82 Å². The van der Waals surface area contributed by atoms with E-state index in [1.54, 1.807) is 0 Å². The fourth-order valence-electron chi connectivity index (χ4n) is 1.21. The molecule has 0 radical (unpaired) electrons. The molecule has 0 aliphatic rings. The van der Waals surface area contributed by atoms with E-state index >= 15 is 0 Å². The van der Waals surface area contributed by atoms with Crippen molar-refractivity contribution in [1.29, 1.82) is 0 Å². The van der Waals surface area contributed by atoms with Gasteiger partial charge in [-0.2, -0.15) is 0 Å². The second kappa shape index (κ2) is 6.09. The standard InChI is InChI=1S/C9H15N3O4/c1-15-4-6(3-13)12-8-7(16-2)9(14)11-5-10-8/h5-6,13H,3-4H2,1-2H3,(H2,10,11,12,14). The minimum absolute atomic E-state index is 0.0806. The van der Waals surface area contributed by atoms with Crippen molar-refractivity contribution in [3.8, 4) is 5.75 Å². The molecule has 0 aromatic carbocycles. The SMILES string of the molecule is COCC(CO)Nc1nc[nH]c(=O)c1OC. The van der Waals surface area contributed by atoms with Gasteiger partial charge in [0.1, 0.15) is 0 Å². The lowest BCUT2D eigenvalue weighted by atomic mass is 10.3. The Hall–Kier alpha value is -1.60. The van der Waals surface area contributed by atoms with Crippen molar-refractivity contribution in [2.75, 3.05) is 32.8 Å². The molecule has 7 nitrogen and oxygen atoms in total. The summed E-state index contributed by atoms with van der Waals surface area (Å²) >= 11 is 0. The number of anilines is 1. The van der Waals surface area contributed by atoms with Crippen LogP contribution < -0.4 is 15.6 Å². The molecule has 0 bridgehead atoms. The smallest absolute Gasteiger partial charge is 0.295 e. The van der Waals surface area contributed by atoms with Gasteiger partial charge in [-0.1, -0.05) is 0 Å². The number of methoxy groups -OCH3 is 2. The van der Waals surface area contributed by atoms with Gasteiger partial charge in [0.25, 0.3) is 5.56 Å². The number of aromatic nitrogens is 2. The molecule has 0 amide bonds. The number of aliphatic hydroxyl groups is 1. The number of nitrogens with one attached hydrogen (secondary N) is 2. The second-order valence-corrected chi connectivity index (χ2v) is 3.09. The van der Waals surface area contributed by atoms with Crippen LogP contribution in [0.3, 0.4) is 0 Å². The summed E-state index contributed by atoms with van der Waals surface area (Å²) in [5.41, 5.74) is -0.380. The molecule has 1 atom stereocenters. The highest BCUT2D eigenvalue weighted by Gasteiger charge is 2.13. The molecule has 1 rings (SSSR count). The molecule has 0 fully saturated rings. The second-order valence-electron chi connectivity index (χ2n) is 3.09. The summed E-state index contributed by atoms with van der Waals surface area (Å²) in [6.45, 7) is 0.166. The molecule has 1 heterocycles. The Balaban J connectivity index is 2.87. The summed E-state index contributed by atoms with van der Waals surface area (Å²) in [5, 5.41) is 11.9. The lowest BCUT2D eigenvalue weighted by molar-refractivity contribution is 0.153. The van der Waals surface area contributed by atoms with Gasteiger partial charge in [0.15, 0.2) is 5.82 Å². The first-order chi connectivity index (χ1) is 7.72. The molecule has 0 saturated carbocycles. The fraction of sp³-hybridized carbons (Fsp3) is 0.556. The monoisotopic (exact) mass is 229 g/mol. The number of ether oxygens (including phenoxy) is 2. The van der Waals surface area contributed by atoms with Crippen molar-refractivity contribution in [1.82, 2.24) is 9.97 Å².